The monoisotopic (exact) mass is 356 g/mol. The van der Waals surface area contributed by atoms with Gasteiger partial charge < -0.3 is 10.1 Å². The molecule has 0 aromatic heterocycles. The molecule has 0 atom stereocenters. The van der Waals surface area contributed by atoms with Gasteiger partial charge in [0.2, 0.25) is 5.91 Å². The molecule has 2 aromatic rings. The first kappa shape index (κ1) is 18.4. The fourth-order valence-corrected chi connectivity index (χ4v) is 3.38. The summed E-state index contributed by atoms with van der Waals surface area (Å²) in [5.41, 5.74) is 2.02. The van der Waals surface area contributed by atoms with Gasteiger partial charge in [-0.3, -0.25) is 9.69 Å². The zero-order chi connectivity index (χ0) is 18.4. The second-order valence-electron chi connectivity index (χ2n) is 6.73. The molecule has 1 heterocycles. The minimum Gasteiger partial charge on any atom is -0.496 e. The van der Waals surface area contributed by atoms with Gasteiger partial charge in [-0.1, -0.05) is 30.3 Å². The number of nitrogens with zero attached hydrogens (tertiary/aromatic N) is 1. The molecule has 1 saturated heterocycles. The lowest BCUT2D eigenvalue weighted by Gasteiger charge is -2.32. The Labute approximate surface area is 154 Å². The highest BCUT2D eigenvalue weighted by Gasteiger charge is 2.21. The Kier molecular flexibility index (Phi) is 6.23. The van der Waals surface area contributed by atoms with Gasteiger partial charge in [-0.05, 0) is 36.6 Å². The van der Waals surface area contributed by atoms with Crippen LogP contribution in [0.3, 0.4) is 0 Å². The first-order chi connectivity index (χ1) is 12.6. The number of hydrogen-bond donors (Lipinski definition) is 1. The number of methoxy groups -OCH3 is 1. The number of ether oxygens (including phenoxy) is 1. The van der Waals surface area contributed by atoms with Crippen LogP contribution in [0.2, 0.25) is 0 Å². The summed E-state index contributed by atoms with van der Waals surface area (Å²) in [4.78, 5) is 14.6. The molecule has 26 heavy (non-hydrogen) atoms. The Morgan fingerprint density at radius 3 is 2.54 bits per heavy atom. The minimum atomic E-state index is -0.281. The van der Waals surface area contributed by atoms with Crippen molar-refractivity contribution < 1.29 is 13.9 Å². The molecule has 0 aliphatic carbocycles. The third-order valence-electron chi connectivity index (χ3n) is 4.82. The number of likely N-dealkylation sites (tertiary alicyclic amines) is 1. The Morgan fingerprint density at radius 1 is 1.15 bits per heavy atom. The van der Waals surface area contributed by atoms with Crippen LogP contribution in [-0.4, -0.2) is 37.0 Å². The number of piperidine rings is 1. The van der Waals surface area contributed by atoms with Crippen LogP contribution in [0.15, 0.2) is 48.5 Å². The molecule has 1 fully saturated rings. The van der Waals surface area contributed by atoms with Crippen LogP contribution in [0, 0.1) is 5.82 Å². The average Bonchev–Trinajstić information content (AvgIpc) is 2.65. The fraction of sp³-hybridized carbons (Fsp3) is 0.381. The number of rotatable bonds is 6. The van der Waals surface area contributed by atoms with Crippen LogP contribution in [0.1, 0.15) is 24.0 Å². The molecule has 0 radical (unpaired) electrons. The lowest BCUT2D eigenvalue weighted by molar-refractivity contribution is -0.121. The number of carbonyl (C=O) groups is 1. The highest BCUT2D eigenvalue weighted by atomic mass is 19.1. The van der Waals surface area contributed by atoms with Gasteiger partial charge in [-0.15, -0.1) is 0 Å². The highest BCUT2D eigenvalue weighted by molar-refractivity contribution is 5.78. The maximum Gasteiger partial charge on any atom is 0.224 e. The van der Waals surface area contributed by atoms with Crippen molar-refractivity contribution in [3.63, 3.8) is 0 Å². The topological polar surface area (TPSA) is 41.6 Å². The van der Waals surface area contributed by atoms with Crippen molar-refractivity contribution in [1.29, 1.82) is 0 Å². The maximum atomic E-state index is 12.9. The molecule has 1 N–H and O–H groups in total. The standard InChI is InChI=1S/C21H25FN2O2/c1-26-20-5-3-2-4-17(20)15-24-12-10-19(11-13-24)23-21(25)14-16-6-8-18(22)9-7-16/h2-9,19H,10-15H2,1H3,(H,23,25). The molecule has 138 valence electrons. The molecule has 2 aromatic carbocycles. The fourth-order valence-electron chi connectivity index (χ4n) is 3.38. The van der Waals surface area contributed by atoms with Gasteiger partial charge in [0.1, 0.15) is 11.6 Å². The van der Waals surface area contributed by atoms with Crippen molar-refractivity contribution in [1.82, 2.24) is 10.2 Å². The number of nitrogens with one attached hydrogen (secondary N) is 1. The molecule has 5 heteroatoms. The number of benzene rings is 2. The van der Waals surface area contributed by atoms with Crippen molar-refractivity contribution in [2.24, 2.45) is 0 Å². The lowest BCUT2D eigenvalue weighted by Crippen LogP contribution is -2.44. The van der Waals surface area contributed by atoms with Crippen molar-refractivity contribution >= 4 is 5.91 Å². The van der Waals surface area contributed by atoms with Crippen molar-refractivity contribution in [3.05, 3.63) is 65.5 Å². The predicted octanol–water partition coefficient (Wildman–Crippen LogP) is 3.16. The Bertz CT molecular complexity index is 725. The molecule has 0 bridgehead atoms. The highest BCUT2D eigenvalue weighted by Crippen LogP contribution is 2.21. The number of hydrogen-bond acceptors (Lipinski definition) is 3. The van der Waals surface area contributed by atoms with Gasteiger partial charge in [-0.25, -0.2) is 4.39 Å². The zero-order valence-corrected chi connectivity index (χ0v) is 15.1. The molecule has 4 nitrogen and oxygen atoms in total. The van der Waals surface area contributed by atoms with Crippen LogP contribution in [0.25, 0.3) is 0 Å². The van der Waals surface area contributed by atoms with Crippen molar-refractivity contribution in [3.8, 4) is 5.75 Å². The molecular weight excluding hydrogens is 331 g/mol. The first-order valence-corrected chi connectivity index (χ1v) is 9.02. The van der Waals surface area contributed by atoms with E-state index in [9.17, 15) is 9.18 Å². The second-order valence-corrected chi connectivity index (χ2v) is 6.73. The molecule has 0 unspecified atom stereocenters. The molecule has 1 aliphatic heterocycles. The summed E-state index contributed by atoms with van der Waals surface area (Å²) in [5, 5.41) is 3.10. The van der Waals surface area contributed by atoms with E-state index in [0.717, 1.165) is 43.8 Å². The summed E-state index contributed by atoms with van der Waals surface area (Å²) in [6.07, 6.45) is 2.16. The second kappa shape index (κ2) is 8.81. The van der Waals surface area contributed by atoms with E-state index in [1.165, 1.54) is 17.7 Å². The Morgan fingerprint density at radius 2 is 1.85 bits per heavy atom. The van der Waals surface area contributed by atoms with E-state index < -0.39 is 0 Å². The summed E-state index contributed by atoms with van der Waals surface area (Å²) in [5.74, 6) is 0.638. The van der Waals surface area contributed by atoms with Gasteiger partial charge in [0, 0.05) is 31.2 Å². The third-order valence-corrected chi connectivity index (χ3v) is 4.82. The largest absolute Gasteiger partial charge is 0.496 e. The van der Waals surface area contributed by atoms with Gasteiger partial charge >= 0.3 is 0 Å². The van der Waals surface area contributed by atoms with Crippen LogP contribution >= 0.6 is 0 Å². The van der Waals surface area contributed by atoms with Crippen molar-refractivity contribution in [2.75, 3.05) is 20.2 Å². The Balaban J connectivity index is 1.44. The van der Waals surface area contributed by atoms with Crippen LogP contribution in [0.5, 0.6) is 5.75 Å². The molecule has 3 rings (SSSR count). The minimum absolute atomic E-state index is 0.000197. The van der Waals surface area contributed by atoms with E-state index in [-0.39, 0.29) is 17.8 Å². The summed E-state index contributed by atoms with van der Waals surface area (Å²) >= 11 is 0. The molecule has 1 amide bonds. The molecular formula is C21H25FN2O2. The van der Waals surface area contributed by atoms with Crippen LogP contribution in [-0.2, 0) is 17.8 Å². The summed E-state index contributed by atoms with van der Waals surface area (Å²) in [6, 6.07) is 14.4. The van der Waals surface area contributed by atoms with Gasteiger partial charge in [0.05, 0.1) is 13.5 Å². The van der Waals surface area contributed by atoms with Crippen LogP contribution in [0.4, 0.5) is 4.39 Å². The summed E-state index contributed by atoms with van der Waals surface area (Å²) < 4.78 is 18.3. The molecule has 0 spiro atoms. The number of para-hydroxylation sites is 1. The molecule has 1 aliphatic rings. The summed E-state index contributed by atoms with van der Waals surface area (Å²) in [7, 11) is 1.70. The smallest absolute Gasteiger partial charge is 0.224 e. The Hall–Kier alpha value is -2.40. The van der Waals surface area contributed by atoms with E-state index >= 15 is 0 Å². The van der Waals surface area contributed by atoms with E-state index in [4.69, 9.17) is 4.74 Å². The van der Waals surface area contributed by atoms with E-state index in [2.05, 4.69) is 16.3 Å². The number of amides is 1. The van der Waals surface area contributed by atoms with E-state index in [0.29, 0.717) is 6.42 Å². The van der Waals surface area contributed by atoms with Crippen LogP contribution < -0.4 is 10.1 Å². The molecule has 0 saturated carbocycles. The zero-order valence-electron chi connectivity index (χ0n) is 15.1. The quantitative estimate of drug-likeness (QED) is 0.864. The third kappa shape index (κ3) is 5.05. The predicted molar refractivity (Wildman–Crippen MR) is 99.5 cm³/mol. The number of halogens is 1. The summed E-state index contributed by atoms with van der Waals surface area (Å²) in [6.45, 7) is 2.75. The van der Waals surface area contributed by atoms with Gasteiger partial charge in [0.25, 0.3) is 0 Å². The van der Waals surface area contributed by atoms with Crippen molar-refractivity contribution in [2.45, 2.75) is 31.8 Å². The lowest BCUT2D eigenvalue weighted by atomic mass is 10.0. The first-order valence-electron chi connectivity index (χ1n) is 9.02. The maximum absolute atomic E-state index is 12.9. The van der Waals surface area contributed by atoms with Gasteiger partial charge in [-0.2, -0.15) is 0 Å². The van der Waals surface area contributed by atoms with E-state index in [1.54, 1.807) is 19.2 Å². The average molecular weight is 356 g/mol. The SMILES string of the molecule is COc1ccccc1CN1CCC(NC(=O)Cc2ccc(F)cc2)CC1. The normalized spacial score (nSPS) is 15.6. The van der Waals surface area contributed by atoms with E-state index in [1.807, 2.05) is 18.2 Å². The number of carbonyl (C=O) groups excluding carboxylic acids is 1. The van der Waals surface area contributed by atoms with Gasteiger partial charge in [0.15, 0.2) is 0 Å².